The number of aliphatic hydroxyl groups excluding tert-OH is 1. The summed E-state index contributed by atoms with van der Waals surface area (Å²) in [6.07, 6.45) is 1.30. The van der Waals surface area contributed by atoms with E-state index in [1.165, 1.54) is 7.11 Å². The van der Waals surface area contributed by atoms with Crippen LogP contribution in [0.4, 0.5) is 0 Å². The number of benzene rings is 1. The van der Waals surface area contributed by atoms with Gasteiger partial charge in [-0.05, 0) is 51.3 Å². The van der Waals surface area contributed by atoms with E-state index >= 15 is 0 Å². The second-order valence-corrected chi connectivity index (χ2v) is 5.70. The molecule has 0 aromatic heterocycles. The second-order valence-electron chi connectivity index (χ2n) is 5.70. The Labute approximate surface area is 120 Å². The van der Waals surface area contributed by atoms with Crippen LogP contribution in [0.5, 0.6) is 5.75 Å². The van der Waals surface area contributed by atoms with Gasteiger partial charge in [-0.3, -0.25) is 4.79 Å². The number of hydrogen-bond acceptors (Lipinski definition) is 4. The fraction of sp³-hybridized carbons (Fsp3) is 0.562. The van der Waals surface area contributed by atoms with E-state index in [4.69, 9.17) is 9.47 Å². The minimum Gasteiger partial charge on any atom is -0.492 e. The van der Waals surface area contributed by atoms with Gasteiger partial charge < -0.3 is 14.6 Å². The average molecular weight is 280 g/mol. The Kier molecular flexibility index (Phi) is 6.02. The molecular formula is C16H24O4. The van der Waals surface area contributed by atoms with Crippen molar-refractivity contribution in [2.24, 2.45) is 5.41 Å². The van der Waals surface area contributed by atoms with Crippen molar-refractivity contribution in [2.75, 3.05) is 13.7 Å². The molecule has 1 rings (SSSR count). The van der Waals surface area contributed by atoms with Gasteiger partial charge in [0, 0.05) is 0 Å². The Balaban J connectivity index is 2.51. The largest absolute Gasteiger partial charge is 0.492 e. The fourth-order valence-electron chi connectivity index (χ4n) is 1.73. The molecule has 20 heavy (non-hydrogen) atoms. The molecule has 4 nitrogen and oxygen atoms in total. The lowest BCUT2D eigenvalue weighted by molar-refractivity contribution is -0.152. The normalized spacial score (nSPS) is 12.8. The van der Waals surface area contributed by atoms with Gasteiger partial charge in [-0.25, -0.2) is 0 Å². The molecule has 0 saturated heterocycles. The van der Waals surface area contributed by atoms with Crippen molar-refractivity contribution in [3.05, 3.63) is 29.8 Å². The molecule has 1 aromatic rings. The number of ether oxygens (including phenoxy) is 2. The minimum absolute atomic E-state index is 0.271. The quantitative estimate of drug-likeness (QED) is 0.780. The van der Waals surface area contributed by atoms with E-state index in [0.717, 1.165) is 24.2 Å². The average Bonchev–Trinajstić information content (AvgIpc) is 2.43. The molecule has 1 unspecified atom stereocenters. The van der Waals surface area contributed by atoms with E-state index in [0.29, 0.717) is 0 Å². The molecule has 4 heteroatoms. The van der Waals surface area contributed by atoms with E-state index in [9.17, 15) is 9.90 Å². The highest BCUT2D eigenvalue weighted by Gasteiger charge is 2.29. The van der Waals surface area contributed by atoms with E-state index in [2.05, 4.69) is 0 Å². The molecular weight excluding hydrogens is 256 g/mol. The minimum atomic E-state index is -0.667. The Morgan fingerprint density at radius 3 is 2.40 bits per heavy atom. The molecule has 0 heterocycles. The van der Waals surface area contributed by atoms with Gasteiger partial charge in [0.05, 0.1) is 18.6 Å². The first-order valence-electron chi connectivity index (χ1n) is 6.83. The van der Waals surface area contributed by atoms with Crippen LogP contribution in [0.3, 0.4) is 0 Å². The predicted molar refractivity (Wildman–Crippen MR) is 77.7 cm³/mol. The molecule has 1 atom stereocenters. The molecule has 112 valence electrons. The van der Waals surface area contributed by atoms with Crippen LogP contribution in [-0.2, 0) is 16.0 Å². The maximum atomic E-state index is 11.5. The van der Waals surface area contributed by atoms with Gasteiger partial charge in [-0.2, -0.15) is 0 Å². The number of rotatable bonds is 7. The summed E-state index contributed by atoms with van der Waals surface area (Å²) in [5.74, 6) is 0.439. The molecule has 0 aliphatic rings. The highest BCUT2D eigenvalue weighted by atomic mass is 16.5. The van der Waals surface area contributed by atoms with Crippen molar-refractivity contribution in [2.45, 2.75) is 39.7 Å². The zero-order valence-electron chi connectivity index (χ0n) is 12.7. The lowest BCUT2D eigenvalue weighted by atomic mass is 9.95. The van der Waals surface area contributed by atoms with Crippen LogP contribution in [-0.4, -0.2) is 30.9 Å². The van der Waals surface area contributed by atoms with Gasteiger partial charge in [-0.15, -0.1) is 0 Å². The fourth-order valence-corrected chi connectivity index (χ4v) is 1.73. The van der Waals surface area contributed by atoms with Gasteiger partial charge >= 0.3 is 5.97 Å². The Hall–Kier alpha value is -1.55. The summed E-state index contributed by atoms with van der Waals surface area (Å²) in [6.45, 7) is 5.63. The molecule has 0 amide bonds. The lowest BCUT2D eigenvalue weighted by Gasteiger charge is -2.21. The standard InChI is InChI=1S/C16H24O4/c1-12(17)5-6-13-7-9-14(10-8-13)20-11-16(2,3)15(18)19-4/h7-10,12,17H,5-6,11H2,1-4H3. The summed E-state index contributed by atoms with van der Waals surface area (Å²) in [5.41, 5.74) is 0.491. The number of carbonyl (C=O) groups excluding carboxylic acids is 1. The SMILES string of the molecule is COC(=O)C(C)(C)COc1ccc(CCC(C)O)cc1. The summed E-state index contributed by atoms with van der Waals surface area (Å²) in [6, 6.07) is 7.71. The first kappa shape index (κ1) is 16.5. The lowest BCUT2D eigenvalue weighted by Crippen LogP contribution is -2.32. The third kappa shape index (κ3) is 5.21. The third-order valence-corrected chi connectivity index (χ3v) is 3.11. The van der Waals surface area contributed by atoms with Crippen LogP contribution in [0.2, 0.25) is 0 Å². The molecule has 0 radical (unpaired) electrons. The van der Waals surface area contributed by atoms with Gasteiger partial charge in [-0.1, -0.05) is 12.1 Å². The maximum absolute atomic E-state index is 11.5. The van der Waals surface area contributed by atoms with Crippen molar-refractivity contribution in [1.29, 1.82) is 0 Å². The second kappa shape index (κ2) is 7.29. The number of esters is 1. The van der Waals surface area contributed by atoms with Gasteiger partial charge in [0.25, 0.3) is 0 Å². The summed E-state index contributed by atoms with van der Waals surface area (Å²) >= 11 is 0. The van der Waals surface area contributed by atoms with Crippen LogP contribution >= 0.6 is 0 Å². The van der Waals surface area contributed by atoms with Crippen molar-refractivity contribution in [3.8, 4) is 5.75 Å². The number of carbonyl (C=O) groups is 1. The molecule has 0 aliphatic carbocycles. The molecule has 1 aromatic carbocycles. The smallest absolute Gasteiger partial charge is 0.314 e. The molecule has 0 bridgehead atoms. The van der Waals surface area contributed by atoms with Crippen molar-refractivity contribution in [3.63, 3.8) is 0 Å². The van der Waals surface area contributed by atoms with Crippen LogP contribution in [0, 0.1) is 5.41 Å². The number of aliphatic hydroxyl groups is 1. The third-order valence-electron chi connectivity index (χ3n) is 3.11. The molecule has 0 aliphatic heterocycles. The Morgan fingerprint density at radius 1 is 1.30 bits per heavy atom. The zero-order valence-corrected chi connectivity index (χ0v) is 12.7. The molecule has 0 spiro atoms. The Morgan fingerprint density at radius 2 is 1.90 bits per heavy atom. The first-order valence-corrected chi connectivity index (χ1v) is 6.83. The number of hydrogen-bond donors (Lipinski definition) is 1. The topological polar surface area (TPSA) is 55.8 Å². The van der Waals surface area contributed by atoms with Crippen molar-refractivity contribution >= 4 is 5.97 Å². The monoisotopic (exact) mass is 280 g/mol. The van der Waals surface area contributed by atoms with Gasteiger partial charge in [0.15, 0.2) is 0 Å². The highest BCUT2D eigenvalue weighted by molar-refractivity contribution is 5.75. The van der Waals surface area contributed by atoms with E-state index in [-0.39, 0.29) is 18.7 Å². The van der Waals surface area contributed by atoms with Crippen molar-refractivity contribution in [1.82, 2.24) is 0 Å². The first-order chi connectivity index (χ1) is 9.35. The van der Waals surface area contributed by atoms with Crippen LogP contribution in [0.25, 0.3) is 0 Å². The number of aryl methyl sites for hydroxylation is 1. The Bertz CT molecular complexity index is 421. The van der Waals surface area contributed by atoms with Crippen LogP contribution < -0.4 is 4.74 Å². The zero-order chi connectivity index (χ0) is 15.2. The number of methoxy groups -OCH3 is 1. The maximum Gasteiger partial charge on any atom is 0.314 e. The van der Waals surface area contributed by atoms with Gasteiger partial charge in [0.1, 0.15) is 12.4 Å². The summed E-state index contributed by atoms with van der Waals surface area (Å²) in [7, 11) is 1.38. The molecule has 0 saturated carbocycles. The molecule has 0 fully saturated rings. The predicted octanol–water partition coefficient (Wildman–Crippen LogP) is 2.58. The summed E-state index contributed by atoms with van der Waals surface area (Å²) in [4.78, 5) is 11.5. The van der Waals surface area contributed by atoms with Crippen molar-refractivity contribution < 1.29 is 19.4 Å². The molecule has 1 N–H and O–H groups in total. The summed E-state index contributed by atoms with van der Waals surface area (Å²) < 4.78 is 10.4. The van der Waals surface area contributed by atoms with E-state index < -0.39 is 5.41 Å². The van der Waals surface area contributed by atoms with Crippen LogP contribution in [0.1, 0.15) is 32.8 Å². The highest BCUT2D eigenvalue weighted by Crippen LogP contribution is 2.21. The van der Waals surface area contributed by atoms with Gasteiger partial charge in [0.2, 0.25) is 0 Å². The van der Waals surface area contributed by atoms with E-state index in [1.807, 2.05) is 24.3 Å². The van der Waals surface area contributed by atoms with E-state index in [1.54, 1.807) is 20.8 Å². The van der Waals surface area contributed by atoms with Crippen LogP contribution in [0.15, 0.2) is 24.3 Å². The summed E-state index contributed by atoms with van der Waals surface area (Å²) in [5, 5.41) is 9.25.